The number of nitrogens with zero attached hydrogens (tertiary/aromatic N) is 3. The van der Waals surface area contributed by atoms with Crippen molar-refractivity contribution in [1.82, 2.24) is 5.01 Å². The summed E-state index contributed by atoms with van der Waals surface area (Å²) in [4.78, 5) is 12.3. The van der Waals surface area contributed by atoms with Gasteiger partial charge in [0.15, 0.2) is 0 Å². The number of carboxylic acid groups (broad SMARTS) is 2. The van der Waals surface area contributed by atoms with Gasteiger partial charge in [-0.25, -0.2) is 9.80 Å². The van der Waals surface area contributed by atoms with Crippen LogP contribution < -0.4 is 5.73 Å². The van der Waals surface area contributed by atoms with Gasteiger partial charge < -0.3 is 15.9 Å². The zero-order valence-electron chi connectivity index (χ0n) is 9.21. The van der Waals surface area contributed by atoms with Gasteiger partial charge in [-0.3, -0.25) is 4.99 Å². The van der Waals surface area contributed by atoms with Gasteiger partial charge in [0.1, 0.15) is 0 Å². The Morgan fingerprint density at radius 3 is 2.33 bits per heavy atom. The quantitative estimate of drug-likeness (QED) is 0.369. The Labute approximate surface area is 88.9 Å². The molecule has 0 atom stereocenters. The van der Waals surface area contributed by atoms with Crippen LogP contribution in [0.5, 0.6) is 0 Å². The molecular formula is C8H18N4O3. The highest BCUT2D eigenvalue weighted by molar-refractivity contribution is 5.78. The summed E-state index contributed by atoms with van der Waals surface area (Å²) >= 11 is 0. The molecule has 0 bridgehead atoms. The highest BCUT2D eigenvalue weighted by atomic mass is 16.6. The Balaban J connectivity index is 0. The summed E-state index contributed by atoms with van der Waals surface area (Å²) in [5, 5.41) is 19.5. The van der Waals surface area contributed by atoms with Crippen LogP contribution in [-0.4, -0.2) is 47.6 Å². The van der Waals surface area contributed by atoms with Crippen LogP contribution in [0.15, 0.2) is 10.1 Å². The second kappa shape index (κ2) is 10.3. The third kappa shape index (κ3) is 15.0. The van der Waals surface area contributed by atoms with Crippen LogP contribution in [-0.2, 0) is 0 Å². The first kappa shape index (κ1) is 15.7. The van der Waals surface area contributed by atoms with Gasteiger partial charge in [-0.2, -0.15) is 5.10 Å². The van der Waals surface area contributed by atoms with E-state index >= 15 is 0 Å². The molecule has 0 aliphatic rings. The van der Waals surface area contributed by atoms with E-state index in [1.165, 1.54) is 0 Å². The van der Waals surface area contributed by atoms with Gasteiger partial charge in [-0.05, 0) is 6.42 Å². The van der Waals surface area contributed by atoms with E-state index in [1.54, 1.807) is 19.1 Å². The maximum atomic E-state index is 8.56. The first-order valence-electron chi connectivity index (χ1n) is 4.36. The van der Waals surface area contributed by atoms with Crippen molar-refractivity contribution >= 4 is 18.3 Å². The lowest BCUT2D eigenvalue weighted by Gasteiger charge is -2.09. The lowest BCUT2D eigenvalue weighted by Crippen LogP contribution is -2.29. The lowest BCUT2D eigenvalue weighted by molar-refractivity contribution is 0.137. The van der Waals surface area contributed by atoms with Crippen LogP contribution in [0.25, 0.3) is 0 Å². The average Bonchev–Trinajstić information content (AvgIpc) is 2.16. The molecule has 88 valence electrons. The molecule has 0 amide bonds. The summed E-state index contributed by atoms with van der Waals surface area (Å²) in [6.45, 7) is 2.10. The van der Waals surface area contributed by atoms with Crippen LogP contribution in [0.3, 0.4) is 0 Å². The van der Waals surface area contributed by atoms with Crippen molar-refractivity contribution in [3.05, 3.63) is 0 Å². The minimum absolute atomic E-state index is 0.428. The van der Waals surface area contributed by atoms with E-state index in [0.29, 0.717) is 5.96 Å². The lowest BCUT2D eigenvalue weighted by atomic mass is 10.4. The van der Waals surface area contributed by atoms with Crippen molar-refractivity contribution in [2.75, 3.05) is 14.1 Å². The van der Waals surface area contributed by atoms with Crippen molar-refractivity contribution < 1.29 is 15.0 Å². The zero-order valence-corrected chi connectivity index (χ0v) is 9.21. The predicted octanol–water partition coefficient (Wildman–Crippen LogP) is 0.871. The largest absolute Gasteiger partial charge is 0.503 e. The van der Waals surface area contributed by atoms with Crippen LogP contribution >= 0.6 is 0 Å². The SMILES string of the molecule is CCCC=NN(C)C(N)=NC.O=C(O)O. The number of unbranched alkanes of at least 4 members (excludes halogenated alkanes) is 1. The van der Waals surface area contributed by atoms with Gasteiger partial charge in [-0.1, -0.05) is 13.3 Å². The standard InChI is InChI=1S/C7H16N4.CH2O3/c1-4-5-6-10-11(3)7(8)9-2;2-1(3)4/h6H,4-5H2,1-3H3,(H2,8,9);(H2,2,3,4). The van der Waals surface area contributed by atoms with Crippen LogP contribution in [0.1, 0.15) is 19.8 Å². The highest BCUT2D eigenvalue weighted by Crippen LogP contribution is 1.85. The molecule has 7 nitrogen and oxygen atoms in total. The average molecular weight is 218 g/mol. The molecule has 0 aliphatic heterocycles. The summed E-state index contributed by atoms with van der Waals surface area (Å²) in [5.74, 6) is 0.428. The number of aliphatic imine (C=N–C) groups is 1. The molecule has 0 aromatic heterocycles. The molecule has 0 spiro atoms. The van der Waals surface area contributed by atoms with Gasteiger partial charge in [0.25, 0.3) is 0 Å². The third-order valence-electron chi connectivity index (χ3n) is 1.23. The molecule has 0 saturated heterocycles. The second-order valence-electron chi connectivity index (χ2n) is 2.47. The summed E-state index contributed by atoms with van der Waals surface area (Å²) < 4.78 is 0. The number of hydrogen-bond donors (Lipinski definition) is 3. The molecule has 0 rings (SSSR count). The van der Waals surface area contributed by atoms with Crippen molar-refractivity contribution in [3.63, 3.8) is 0 Å². The molecule has 0 unspecified atom stereocenters. The highest BCUT2D eigenvalue weighted by Gasteiger charge is 1.93. The molecule has 7 heteroatoms. The Morgan fingerprint density at radius 1 is 1.53 bits per heavy atom. The maximum absolute atomic E-state index is 8.56. The number of rotatable bonds is 3. The molecular weight excluding hydrogens is 200 g/mol. The fourth-order valence-corrected chi connectivity index (χ4v) is 0.513. The number of guanidine groups is 1. The number of hydrazone groups is 1. The van der Waals surface area contributed by atoms with Gasteiger partial charge in [0.2, 0.25) is 5.96 Å². The van der Waals surface area contributed by atoms with Crippen LogP contribution in [0.4, 0.5) is 4.79 Å². The molecule has 0 fully saturated rings. The predicted molar refractivity (Wildman–Crippen MR) is 59.4 cm³/mol. The molecule has 15 heavy (non-hydrogen) atoms. The maximum Gasteiger partial charge on any atom is 0.503 e. The molecule has 0 radical (unpaired) electrons. The van der Waals surface area contributed by atoms with Gasteiger partial charge in [0, 0.05) is 20.3 Å². The van der Waals surface area contributed by atoms with E-state index in [9.17, 15) is 0 Å². The topological polar surface area (TPSA) is 112 Å². The summed E-state index contributed by atoms with van der Waals surface area (Å²) in [6, 6.07) is 0. The minimum Gasteiger partial charge on any atom is -0.450 e. The normalized spacial score (nSPS) is 10.7. The Kier molecular flexibility index (Phi) is 10.8. The molecule has 0 aromatic carbocycles. The van der Waals surface area contributed by atoms with E-state index in [0.717, 1.165) is 12.8 Å². The van der Waals surface area contributed by atoms with Crippen LogP contribution in [0, 0.1) is 0 Å². The molecule has 0 heterocycles. The van der Waals surface area contributed by atoms with Crippen LogP contribution in [0.2, 0.25) is 0 Å². The van der Waals surface area contributed by atoms with Crippen molar-refractivity contribution in [2.45, 2.75) is 19.8 Å². The summed E-state index contributed by atoms with van der Waals surface area (Å²) in [5.41, 5.74) is 5.46. The molecule has 0 aliphatic carbocycles. The Bertz CT molecular complexity index is 224. The summed E-state index contributed by atoms with van der Waals surface area (Å²) in [7, 11) is 3.41. The molecule has 0 aromatic rings. The van der Waals surface area contributed by atoms with Gasteiger partial charge in [-0.15, -0.1) is 0 Å². The fourth-order valence-electron chi connectivity index (χ4n) is 0.513. The first-order chi connectivity index (χ1) is 6.95. The molecule has 0 saturated carbocycles. The summed E-state index contributed by atoms with van der Waals surface area (Å²) in [6.07, 6.45) is 2.07. The first-order valence-corrected chi connectivity index (χ1v) is 4.36. The zero-order chi connectivity index (χ0) is 12.3. The van der Waals surface area contributed by atoms with E-state index in [1.807, 2.05) is 6.21 Å². The third-order valence-corrected chi connectivity index (χ3v) is 1.23. The number of hydrogen-bond acceptors (Lipinski definition) is 3. The number of carbonyl (C=O) groups is 1. The van der Waals surface area contributed by atoms with Gasteiger partial charge in [0.05, 0.1) is 0 Å². The number of nitrogens with two attached hydrogens (primary N) is 1. The second-order valence-corrected chi connectivity index (χ2v) is 2.47. The Morgan fingerprint density at radius 2 is 2.00 bits per heavy atom. The smallest absolute Gasteiger partial charge is 0.450 e. The van der Waals surface area contributed by atoms with Crippen molar-refractivity contribution in [2.24, 2.45) is 15.8 Å². The van der Waals surface area contributed by atoms with E-state index in [-0.39, 0.29) is 0 Å². The van der Waals surface area contributed by atoms with E-state index < -0.39 is 6.16 Å². The molecule has 4 N–H and O–H groups in total. The van der Waals surface area contributed by atoms with Gasteiger partial charge >= 0.3 is 6.16 Å². The minimum atomic E-state index is -1.83. The van der Waals surface area contributed by atoms with Crippen molar-refractivity contribution in [1.29, 1.82) is 0 Å². The Hall–Kier alpha value is -1.79. The van der Waals surface area contributed by atoms with Crippen molar-refractivity contribution in [3.8, 4) is 0 Å². The monoisotopic (exact) mass is 218 g/mol. The van der Waals surface area contributed by atoms with E-state index in [4.69, 9.17) is 20.7 Å². The van der Waals surface area contributed by atoms with E-state index in [2.05, 4.69) is 17.0 Å². The fraction of sp³-hybridized carbons (Fsp3) is 0.625.